The Bertz CT molecular complexity index is 668. The third kappa shape index (κ3) is 2.40. The molecule has 2 heteroatoms. The monoisotopic (exact) mass is 250 g/mol. The van der Waals surface area contributed by atoms with Crippen LogP contribution >= 0.6 is 0 Å². The Morgan fingerprint density at radius 3 is 2.58 bits per heavy atom. The van der Waals surface area contributed by atoms with Gasteiger partial charge in [0.25, 0.3) is 0 Å². The Morgan fingerprint density at radius 2 is 1.79 bits per heavy atom. The zero-order chi connectivity index (χ0) is 13.1. The molecule has 0 aliphatic carbocycles. The van der Waals surface area contributed by atoms with Crippen LogP contribution in [0.5, 0.6) is 0 Å². The Labute approximate surface area is 113 Å². The molecular weight excluding hydrogens is 232 g/mol. The maximum absolute atomic E-state index is 3.24. The van der Waals surface area contributed by atoms with Gasteiger partial charge in [0.15, 0.2) is 0 Å². The van der Waals surface area contributed by atoms with E-state index in [0.717, 1.165) is 13.1 Å². The lowest BCUT2D eigenvalue weighted by Crippen LogP contribution is -2.07. The van der Waals surface area contributed by atoms with Gasteiger partial charge < -0.3 is 9.88 Å². The fourth-order valence-electron chi connectivity index (χ4n) is 2.59. The smallest absolute Gasteiger partial charge is 0.0529 e. The number of hydrogen-bond acceptors (Lipinski definition) is 1. The predicted octanol–water partition coefficient (Wildman–Crippen LogP) is 3.41. The maximum atomic E-state index is 3.24. The molecule has 0 saturated carbocycles. The first kappa shape index (κ1) is 12.0. The van der Waals surface area contributed by atoms with Crippen LogP contribution in [0, 0.1) is 0 Å². The van der Waals surface area contributed by atoms with Gasteiger partial charge in [0.05, 0.1) is 5.52 Å². The van der Waals surface area contributed by atoms with Gasteiger partial charge in [0, 0.05) is 19.3 Å². The molecule has 96 valence electrons. The summed E-state index contributed by atoms with van der Waals surface area (Å²) >= 11 is 0. The van der Waals surface area contributed by atoms with Gasteiger partial charge in [-0.05, 0) is 29.6 Å². The minimum atomic E-state index is 0.899. The van der Waals surface area contributed by atoms with Crippen LogP contribution in [-0.2, 0) is 13.1 Å². The molecule has 1 aromatic heterocycles. The lowest BCUT2D eigenvalue weighted by Gasteiger charge is -2.10. The van der Waals surface area contributed by atoms with E-state index < -0.39 is 0 Å². The molecule has 0 fully saturated rings. The molecule has 0 bridgehead atoms. The average Bonchev–Trinajstić information content (AvgIpc) is 2.85. The lowest BCUT2D eigenvalue weighted by atomic mass is 10.1. The quantitative estimate of drug-likeness (QED) is 0.751. The van der Waals surface area contributed by atoms with Crippen molar-refractivity contribution in [3.8, 4) is 0 Å². The van der Waals surface area contributed by atoms with Crippen molar-refractivity contribution in [2.24, 2.45) is 0 Å². The molecule has 3 aromatic rings. The summed E-state index contributed by atoms with van der Waals surface area (Å²) in [5.41, 5.74) is 4.01. The third-order valence-electron chi connectivity index (χ3n) is 3.44. The van der Waals surface area contributed by atoms with Crippen LogP contribution in [0.1, 0.15) is 11.1 Å². The van der Waals surface area contributed by atoms with Crippen LogP contribution in [0.3, 0.4) is 0 Å². The van der Waals surface area contributed by atoms with Gasteiger partial charge in [-0.3, -0.25) is 0 Å². The number of para-hydroxylation sites is 1. The average molecular weight is 250 g/mol. The number of nitrogens with one attached hydrogen (secondary N) is 1. The van der Waals surface area contributed by atoms with Crippen molar-refractivity contribution in [2.45, 2.75) is 13.1 Å². The molecule has 1 heterocycles. The van der Waals surface area contributed by atoms with Crippen molar-refractivity contribution in [1.29, 1.82) is 0 Å². The summed E-state index contributed by atoms with van der Waals surface area (Å²) in [5, 5.41) is 4.55. The molecule has 1 N–H and O–H groups in total. The van der Waals surface area contributed by atoms with E-state index in [-0.39, 0.29) is 0 Å². The van der Waals surface area contributed by atoms with E-state index in [4.69, 9.17) is 0 Å². The zero-order valence-corrected chi connectivity index (χ0v) is 11.1. The van der Waals surface area contributed by atoms with E-state index in [1.165, 1.54) is 22.0 Å². The highest BCUT2D eigenvalue weighted by Gasteiger charge is 2.06. The van der Waals surface area contributed by atoms with E-state index in [9.17, 15) is 0 Å². The molecule has 0 atom stereocenters. The Hall–Kier alpha value is -2.06. The van der Waals surface area contributed by atoms with Crippen molar-refractivity contribution in [1.82, 2.24) is 9.88 Å². The summed E-state index contributed by atoms with van der Waals surface area (Å²) in [6.45, 7) is 1.82. The van der Waals surface area contributed by atoms with Crippen molar-refractivity contribution in [2.75, 3.05) is 7.05 Å². The maximum Gasteiger partial charge on any atom is 0.0529 e. The fraction of sp³-hybridized carbons (Fsp3) is 0.176. The molecule has 0 unspecified atom stereocenters. The summed E-state index contributed by atoms with van der Waals surface area (Å²) in [6.07, 6.45) is 2.18. The number of benzene rings is 2. The van der Waals surface area contributed by atoms with Crippen molar-refractivity contribution in [3.05, 3.63) is 71.9 Å². The molecular formula is C17H18N2. The first-order chi connectivity index (χ1) is 9.38. The second-order valence-corrected chi connectivity index (χ2v) is 4.81. The number of nitrogens with zero attached hydrogens (tertiary/aromatic N) is 1. The summed E-state index contributed by atoms with van der Waals surface area (Å²) in [4.78, 5) is 0. The molecule has 0 saturated heterocycles. The van der Waals surface area contributed by atoms with Crippen LogP contribution in [0.4, 0.5) is 0 Å². The van der Waals surface area contributed by atoms with Gasteiger partial charge in [-0.2, -0.15) is 0 Å². The van der Waals surface area contributed by atoms with E-state index >= 15 is 0 Å². The predicted molar refractivity (Wildman–Crippen MR) is 80.2 cm³/mol. The summed E-state index contributed by atoms with van der Waals surface area (Å²) in [5.74, 6) is 0. The second kappa shape index (κ2) is 5.29. The summed E-state index contributed by atoms with van der Waals surface area (Å²) in [7, 11) is 1.99. The van der Waals surface area contributed by atoms with Crippen LogP contribution in [0.2, 0.25) is 0 Å². The zero-order valence-electron chi connectivity index (χ0n) is 11.1. The highest BCUT2D eigenvalue weighted by atomic mass is 15.0. The largest absolute Gasteiger partial charge is 0.343 e. The van der Waals surface area contributed by atoms with E-state index in [1.54, 1.807) is 0 Å². The van der Waals surface area contributed by atoms with E-state index in [1.807, 2.05) is 7.05 Å². The van der Waals surface area contributed by atoms with Gasteiger partial charge in [-0.25, -0.2) is 0 Å². The Balaban J connectivity index is 2.04. The SMILES string of the molecule is CNCc1cccc2ccn(Cc3ccccc3)c12. The molecule has 0 spiro atoms. The Morgan fingerprint density at radius 1 is 0.947 bits per heavy atom. The fourth-order valence-corrected chi connectivity index (χ4v) is 2.59. The molecule has 3 rings (SSSR count). The van der Waals surface area contributed by atoms with Crippen LogP contribution in [-0.4, -0.2) is 11.6 Å². The van der Waals surface area contributed by atoms with Gasteiger partial charge in [0.2, 0.25) is 0 Å². The standard InChI is InChI=1S/C17H18N2/c1-18-12-16-9-5-8-15-10-11-19(17(15)16)13-14-6-3-2-4-7-14/h2-11,18H,12-13H2,1H3. The Kier molecular flexibility index (Phi) is 3.34. The van der Waals surface area contributed by atoms with E-state index in [2.05, 4.69) is 70.7 Å². The molecule has 19 heavy (non-hydrogen) atoms. The second-order valence-electron chi connectivity index (χ2n) is 4.81. The highest BCUT2D eigenvalue weighted by molar-refractivity contribution is 5.83. The molecule has 0 aliphatic heterocycles. The molecule has 0 aliphatic rings. The van der Waals surface area contributed by atoms with Crippen LogP contribution < -0.4 is 5.32 Å². The number of rotatable bonds is 4. The number of fused-ring (bicyclic) bond motifs is 1. The number of hydrogen-bond donors (Lipinski definition) is 1. The minimum Gasteiger partial charge on any atom is -0.343 e. The van der Waals surface area contributed by atoms with Gasteiger partial charge >= 0.3 is 0 Å². The highest BCUT2D eigenvalue weighted by Crippen LogP contribution is 2.21. The van der Waals surface area contributed by atoms with Gasteiger partial charge in [-0.15, -0.1) is 0 Å². The summed E-state index contributed by atoms with van der Waals surface area (Å²) in [6, 6.07) is 19.3. The normalized spacial score (nSPS) is 11.0. The third-order valence-corrected chi connectivity index (χ3v) is 3.44. The van der Waals surface area contributed by atoms with Crippen molar-refractivity contribution >= 4 is 10.9 Å². The molecule has 2 aromatic carbocycles. The number of aromatic nitrogens is 1. The van der Waals surface area contributed by atoms with E-state index in [0.29, 0.717) is 0 Å². The van der Waals surface area contributed by atoms with Crippen LogP contribution in [0.15, 0.2) is 60.8 Å². The summed E-state index contributed by atoms with van der Waals surface area (Å²) < 4.78 is 2.33. The van der Waals surface area contributed by atoms with Crippen molar-refractivity contribution < 1.29 is 0 Å². The molecule has 0 radical (unpaired) electrons. The first-order valence-electron chi connectivity index (χ1n) is 6.64. The molecule has 0 amide bonds. The molecule has 2 nitrogen and oxygen atoms in total. The van der Waals surface area contributed by atoms with Crippen LogP contribution in [0.25, 0.3) is 10.9 Å². The van der Waals surface area contributed by atoms with Gasteiger partial charge in [0.1, 0.15) is 0 Å². The van der Waals surface area contributed by atoms with Crippen molar-refractivity contribution in [3.63, 3.8) is 0 Å². The van der Waals surface area contributed by atoms with Gasteiger partial charge in [-0.1, -0.05) is 48.5 Å². The first-order valence-corrected chi connectivity index (χ1v) is 6.64. The minimum absolute atomic E-state index is 0.899. The topological polar surface area (TPSA) is 17.0 Å². The lowest BCUT2D eigenvalue weighted by molar-refractivity contribution is 0.796.